The van der Waals surface area contributed by atoms with Gasteiger partial charge in [0.15, 0.2) is 0 Å². The maximum Gasteiger partial charge on any atom is 0.407 e. The number of pyridine rings is 1. The molecule has 3 aliphatic heterocycles. The van der Waals surface area contributed by atoms with E-state index in [2.05, 4.69) is 10.3 Å². The van der Waals surface area contributed by atoms with Crippen LogP contribution in [0.3, 0.4) is 0 Å². The molecular formula is C25H27N5O5. The number of fused-ring (bicyclic) bond motifs is 2. The molecule has 0 spiro atoms. The Labute approximate surface area is 202 Å². The quantitative estimate of drug-likeness (QED) is 0.660. The lowest BCUT2D eigenvalue weighted by atomic mass is 10.00. The van der Waals surface area contributed by atoms with Crippen LogP contribution in [0.1, 0.15) is 30.4 Å². The number of carbonyl (C=O) groups excluding carboxylic acids is 2. The predicted octanol–water partition coefficient (Wildman–Crippen LogP) is 3.19. The summed E-state index contributed by atoms with van der Waals surface area (Å²) in [6, 6.07) is 12.3. The van der Waals surface area contributed by atoms with Crippen LogP contribution in [0.15, 0.2) is 54.7 Å². The normalized spacial score (nSPS) is 21.7. The molecule has 2 saturated heterocycles. The zero-order valence-electron chi connectivity index (χ0n) is 19.2. The Kier molecular flexibility index (Phi) is 6.37. The smallest absolute Gasteiger partial charge is 0.407 e. The molecule has 182 valence electrons. The highest BCUT2D eigenvalue weighted by atomic mass is 16.7. The molecule has 4 heterocycles. The topological polar surface area (TPSA) is 115 Å². The number of hydrogen-bond acceptors (Lipinski definition) is 5. The van der Waals surface area contributed by atoms with Gasteiger partial charge in [0.05, 0.1) is 6.04 Å². The Hall–Kier alpha value is -3.92. The third kappa shape index (κ3) is 4.83. The number of benzene rings is 1. The van der Waals surface area contributed by atoms with Crippen molar-refractivity contribution < 1.29 is 24.3 Å². The number of urea groups is 1. The molecule has 2 bridgehead atoms. The number of carboxylic acid groups (broad SMARTS) is 1. The Balaban J connectivity index is 1.18. The van der Waals surface area contributed by atoms with Gasteiger partial charge in [-0.1, -0.05) is 36.4 Å². The number of nitrogens with one attached hydrogen (secondary N) is 1. The van der Waals surface area contributed by atoms with Crippen LogP contribution >= 0.6 is 0 Å². The Bertz CT molecular complexity index is 1140. The summed E-state index contributed by atoms with van der Waals surface area (Å²) < 4.78 is 0. The summed E-state index contributed by atoms with van der Waals surface area (Å²) in [5, 5.41) is 13.3. The second-order valence-electron chi connectivity index (χ2n) is 8.90. The molecule has 3 aliphatic rings. The molecule has 35 heavy (non-hydrogen) atoms. The number of piperidine rings is 1. The molecule has 0 saturated carbocycles. The molecular weight excluding hydrogens is 450 g/mol. The van der Waals surface area contributed by atoms with Gasteiger partial charge < -0.3 is 20.2 Å². The molecule has 0 aliphatic carbocycles. The fourth-order valence-electron chi connectivity index (χ4n) is 4.76. The minimum atomic E-state index is -0.923. The van der Waals surface area contributed by atoms with Crippen LogP contribution in [0.25, 0.3) is 5.57 Å². The zero-order valence-corrected chi connectivity index (χ0v) is 19.2. The largest absolute Gasteiger partial charge is 0.465 e. The SMILES string of the molecule is O=C(Nc1ccc(C2=CCN(C(=O)O)CC2)cn1)[C@@H]1CC[C@@H]2CN1C(=O)N2OCc1ccccc1. The van der Waals surface area contributed by atoms with E-state index in [9.17, 15) is 14.4 Å². The second-order valence-corrected chi connectivity index (χ2v) is 8.90. The number of hydroxylamine groups is 2. The van der Waals surface area contributed by atoms with Crippen LogP contribution in [-0.2, 0) is 16.2 Å². The number of amides is 4. The molecule has 4 amide bonds. The summed E-state index contributed by atoms with van der Waals surface area (Å²) in [5.74, 6) is 0.143. The van der Waals surface area contributed by atoms with E-state index in [1.54, 1.807) is 17.2 Å². The number of carbonyl (C=O) groups is 3. The number of aromatic nitrogens is 1. The Morgan fingerprint density at radius 3 is 2.66 bits per heavy atom. The summed E-state index contributed by atoms with van der Waals surface area (Å²) in [4.78, 5) is 50.1. The van der Waals surface area contributed by atoms with E-state index < -0.39 is 12.1 Å². The zero-order chi connectivity index (χ0) is 24.4. The van der Waals surface area contributed by atoms with Gasteiger partial charge in [0, 0.05) is 25.8 Å². The van der Waals surface area contributed by atoms with Crippen LogP contribution in [0, 0.1) is 0 Å². The average Bonchev–Trinajstić information content (AvgIpc) is 3.12. The van der Waals surface area contributed by atoms with Crippen LogP contribution < -0.4 is 5.32 Å². The molecule has 2 aromatic rings. The van der Waals surface area contributed by atoms with Crippen LogP contribution in [0.2, 0.25) is 0 Å². The van der Waals surface area contributed by atoms with Crippen molar-refractivity contribution in [2.75, 3.05) is 25.0 Å². The fourth-order valence-corrected chi connectivity index (χ4v) is 4.76. The number of hydrogen-bond donors (Lipinski definition) is 2. The van der Waals surface area contributed by atoms with E-state index in [1.807, 2.05) is 42.5 Å². The van der Waals surface area contributed by atoms with Gasteiger partial charge in [-0.25, -0.2) is 14.6 Å². The van der Waals surface area contributed by atoms with Crippen molar-refractivity contribution in [3.8, 4) is 0 Å². The molecule has 10 heteroatoms. The maximum atomic E-state index is 13.0. The van der Waals surface area contributed by atoms with Crippen LogP contribution in [0.5, 0.6) is 0 Å². The molecule has 0 unspecified atom stereocenters. The van der Waals surface area contributed by atoms with Gasteiger partial charge in [-0.05, 0) is 48.1 Å². The Morgan fingerprint density at radius 2 is 1.97 bits per heavy atom. The van der Waals surface area contributed by atoms with E-state index in [4.69, 9.17) is 9.94 Å². The first-order valence-corrected chi connectivity index (χ1v) is 11.7. The molecule has 1 aromatic carbocycles. The highest BCUT2D eigenvalue weighted by molar-refractivity contribution is 5.97. The lowest BCUT2D eigenvalue weighted by molar-refractivity contribution is -0.140. The second kappa shape index (κ2) is 9.75. The molecule has 1 aromatic heterocycles. The molecule has 0 radical (unpaired) electrons. The van der Waals surface area contributed by atoms with E-state index in [-0.39, 0.29) is 18.0 Å². The summed E-state index contributed by atoms with van der Waals surface area (Å²) in [6.45, 7) is 1.55. The van der Waals surface area contributed by atoms with Gasteiger partial charge in [0.1, 0.15) is 18.5 Å². The molecule has 2 fully saturated rings. The lowest BCUT2D eigenvalue weighted by Crippen LogP contribution is -2.47. The average molecular weight is 478 g/mol. The van der Waals surface area contributed by atoms with Gasteiger partial charge >= 0.3 is 12.1 Å². The van der Waals surface area contributed by atoms with Crippen molar-refractivity contribution in [3.63, 3.8) is 0 Å². The van der Waals surface area contributed by atoms with Gasteiger partial charge in [-0.2, -0.15) is 5.06 Å². The van der Waals surface area contributed by atoms with E-state index >= 15 is 0 Å². The highest BCUT2D eigenvalue weighted by Gasteiger charge is 2.48. The van der Waals surface area contributed by atoms with Crippen molar-refractivity contribution in [3.05, 3.63) is 65.9 Å². The van der Waals surface area contributed by atoms with Gasteiger partial charge in [-0.3, -0.25) is 9.63 Å². The van der Waals surface area contributed by atoms with Crippen molar-refractivity contribution in [2.24, 2.45) is 0 Å². The number of anilines is 1. The number of rotatable bonds is 6. The molecule has 10 nitrogen and oxygen atoms in total. The summed E-state index contributed by atoms with van der Waals surface area (Å²) in [6.07, 6.45) is 4.49. The lowest BCUT2D eigenvalue weighted by Gasteiger charge is -2.29. The van der Waals surface area contributed by atoms with Gasteiger partial charge in [-0.15, -0.1) is 0 Å². The molecule has 2 atom stereocenters. The summed E-state index contributed by atoms with van der Waals surface area (Å²) in [5.41, 5.74) is 2.91. The molecule has 2 N–H and O–H groups in total. The summed E-state index contributed by atoms with van der Waals surface area (Å²) >= 11 is 0. The monoisotopic (exact) mass is 477 g/mol. The van der Waals surface area contributed by atoms with Crippen LogP contribution in [-0.4, -0.2) is 74.7 Å². The third-order valence-electron chi connectivity index (χ3n) is 6.70. The summed E-state index contributed by atoms with van der Waals surface area (Å²) in [7, 11) is 0. The molecule has 5 rings (SSSR count). The predicted molar refractivity (Wildman–Crippen MR) is 127 cm³/mol. The maximum absolute atomic E-state index is 13.0. The van der Waals surface area contributed by atoms with E-state index in [0.717, 1.165) is 16.7 Å². The minimum Gasteiger partial charge on any atom is -0.465 e. The fraction of sp³-hybridized carbons (Fsp3) is 0.360. The Morgan fingerprint density at radius 1 is 1.14 bits per heavy atom. The van der Waals surface area contributed by atoms with Gasteiger partial charge in [0.2, 0.25) is 5.91 Å². The van der Waals surface area contributed by atoms with E-state index in [1.165, 1.54) is 9.96 Å². The minimum absolute atomic E-state index is 0.0616. The first-order chi connectivity index (χ1) is 17.0. The van der Waals surface area contributed by atoms with Crippen LogP contribution in [0.4, 0.5) is 15.4 Å². The highest BCUT2D eigenvalue weighted by Crippen LogP contribution is 2.31. The van der Waals surface area contributed by atoms with Crippen molar-refractivity contribution in [2.45, 2.75) is 38.0 Å². The first-order valence-electron chi connectivity index (χ1n) is 11.7. The number of nitrogens with zero attached hydrogens (tertiary/aromatic N) is 4. The van der Waals surface area contributed by atoms with Crippen molar-refractivity contribution in [1.82, 2.24) is 19.8 Å². The first kappa shape index (κ1) is 22.9. The van der Waals surface area contributed by atoms with Gasteiger partial charge in [0.25, 0.3) is 0 Å². The van der Waals surface area contributed by atoms with E-state index in [0.29, 0.717) is 51.3 Å². The van der Waals surface area contributed by atoms with Crippen molar-refractivity contribution in [1.29, 1.82) is 0 Å². The standard InChI is InChI=1S/C25H27N5O5/c31-23(27-22-9-6-19(14-26-22)18-10-12-28(13-11-18)25(33)34)21-8-7-20-15-29(21)24(32)30(20)35-16-17-4-2-1-3-5-17/h1-6,9-10,14,20-21H,7-8,11-13,15-16H2,(H,33,34)(H,26,27,31)/t20-,21+/m1/s1. The third-order valence-corrected chi connectivity index (χ3v) is 6.70. The van der Waals surface area contributed by atoms with Crippen molar-refractivity contribution >= 4 is 29.4 Å².